The number of hydrogen-bond acceptors (Lipinski definition) is 4. The molecule has 1 aromatic heterocycles. The van der Waals surface area contributed by atoms with Gasteiger partial charge in [-0.05, 0) is 55.7 Å². The van der Waals surface area contributed by atoms with Crippen molar-refractivity contribution in [3.8, 4) is 11.5 Å². The monoisotopic (exact) mass is 426 g/mol. The quantitative estimate of drug-likeness (QED) is 0.447. The maximum atomic E-state index is 10.7. The van der Waals surface area contributed by atoms with E-state index in [0.29, 0.717) is 18.2 Å². The van der Waals surface area contributed by atoms with Crippen molar-refractivity contribution in [1.29, 1.82) is 0 Å². The average Bonchev–Trinajstić information content (AvgIpc) is 3.08. The van der Waals surface area contributed by atoms with Crippen molar-refractivity contribution in [1.82, 2.24) is 4.57 Å². The Morgan fingerprint density at radius 3 is 2.52 bits per heavy atom. The number of para-hydroxylation sites is 2. The molecule has 7 nitrogen and oxygen atoms in total. The first-order valence-electron chi connectivity index (χ1n) is 11.2. The number of nitrogens with two attached hydrogens (primary N) is 1. The predicted molar refractivity (Wildman–Crippen MR) is 120 cm³/mol. The predicted octanol–water partition coefficient (Wildman–Crippen LogP) is 1.03. The van der Waals surface area contributed by atoms with E-state index in [1.54, 1.807) is 12.0 Å². The molecule has 2 aromatic carbocycles. The zero-order valence-corrected chi connectivity index (χ0v) is 18.3. The van der Waals surface area contributed by atoms with Crippen LogP contribution in [0.3, 0.4) is 0 Å². The Labute approximate surface area is 183 Å². The van der Waals surface area contributed by atoms with Crippen LogP contribution in [0.2, 0.25) is 0 Å². The molecule has 166 valence electrons. The van der Waals surface area contributed by atoms with Gasteiger partial charge in [0.05, 0.1) is 20.2 Å². The maximum absolute atomic E-state index is 10.7. The average molecular weight is 427 g/mol. The van der Waals surface area contributed by atoms with Crippen LogP contribution >= 0.6 is 0 Å². The fraction of sp³-hybridized carbons (Fsp3) is 0.458. The number of likely N-dealkylation sites (tertiary alicyclic amines) is 1. The van der Waals surface area contributed by atoms with E-state index < -0.39 is 6.10 Å². The van der Waals surface area contributed by atoms with E-state index in [4.69, 9.17) is 15.2 Å². The first-order valence-corrected chi connectivity index (χ1v) is 11.2. The van der Waals surface area contributed by atoms with Gasteiger partial charge in [0.25, 0.3) is 0 Å². The highest BCUT2D eigenvalue weighted by Crippen LogP contribution is 2.18. The summed E-state index contributed by atoms with van der Waals surface area (Å²) < 4.78 is 15.1. The second kappa shape index (κ2) is 10.0. The van der Waals surface area contributed by atoms with Crippen LogP contribution in [0.25, 0.3) is 11.0 Å². The molecular formula is C24H34N4O3+2. The normalized spacial score (nSPS) is 15.8. The van der Waals surface area contributed by atoms with Crippen molar-refractivity contribution in [2.75, 3.05) is 39.1 Å². The number of nitrogens with one attached hydrogen (secondary N) is 1. The van der Waals surface area contributed by atoms with E-state index in [0.717, 1.165) is 29.9 Å². The number of benzene rings is 2. The van der Waals surface area contributed by atoms with E-state index in [1.165, 1.54) is 32.4 Å². The first kappa shape index (κ1) is 21.5. The molecule has 1 aliphatic heterocycles. The first-order chi connectivity index (χ1) is 15.2. The fourth-order valence-electron chi connectivity index (χ4n) is 4.44. The summed E-state index contributed by atoms with van der Waals surface area (Å²) in [5.74, 6) is 2.15. The van der Waals surface area contributed by atoms with Gasteiger partial charge in [-0.25, -0.2) is 9.13 Å². The Bertz CT molecular complexity index is 980. The smallest absolute Gasteiger partial charge is 0.356 e. The number of rotatable bonds is 9. The third kappa shape index (κ3) is 5.11. The Morgan fingerprint density at radius 2 is 1.77 bits per heavy atom. The van der Waals surface area contributed by atoms with Gasteiger partial charge in [-0.1, -0.05) is 12.1 Å². The van der Waals surface area contributed by atoms with E-state index in [2.05, 4.69) is 16.7 Å². The number of methoxy groups -OCH3 is 1. The number of aliphatic hydroxyl groups is 1. The third-order valence-electron chi connectivity index (χ3n) is 6.16. The lowest BCUT2D eigenvalue weighted by Crippen LogP contribution is -3.13. The number of fused-ring (bicyclic) bond motifs is 1. The highest BCUT2D eigenvalue weighted by atomic mass is 16.5. The largest absolute Gasteiger partial charge is 0.497 e. The number of anilines is 1. The minimum atomic E-state index is -0.679. The van der Waals surface area contributed by atoms with Crippen LogP contribution < -0.4 is 24.7 Å². The molecule has 1 aliphatic rings. The number of hydrogen-bond donors (Lipinski definition) is 3. The van der Waals surface area contributed by atoms with E-state index in [1.807, 2.05) is 41.0 Å². The molecule has 31 heavy (non-hydrogen) atoms. The lowest BCUT2D eigenvalue weighted by atomic mass is 10.1. The molecule has 1 fully saturated rings. The summed E-state index contributed by atoms with van der Waals surface area (Å²) in [6.45, 7) is 5.03. The molecule has 7 heteroatoms. The van der Waals surface area contributed by atoms with Crippen molar-refractivity contribution in [3.63, 3.8) is 0 Å². The molecule has 2 heterocycles. The number of quaternary nitrogens is 1. The molecule has 4 N–H and O–H groups in total. The summed E-state index contributed by atoms with van der Waals surface area (Å²) in [5, 5.41) is 10.7. The van der Waals surface area contributed by atoms with Crippen LogP contribution in [0, 0.1) is 0 Å². The van der Waals surface area contributed by atoms with Crippen LogP contribution in [0.4, 0.5) is 5.95 Å². The molecule has 0 unspecified atom stereocenters. The second-order valence-corrected chi connectivity index (χ2v) is 8.31. The minimum absolute atomic E-state index is 0.191. The maximum Gasteiger partial charge on any atom is 0.356 e. The summed E-state index contributed by atoms with van der Waals surface area (Å²) in [6, 6.07) is 15.6. The van der Waals surface area contributed by atoms with Crippen LogP contribution in [-0.2, 0) is 13.1 Å². The zero-order valence-electron chi connectivity index (χ0n) is 18.3. The Kier molecular flexibility index (Phi) is 6.94. The second-order valence-electron chi connectivity index (χ2n) is 8.31. The summed E-state index contributed by atoms with van der Waals surface area (Å²) in [5.41, 5.74) is 8.72. The summed E-state index contributed by atoms with van der Waals surface area (Å²) in [4.78, 5) is 1.66. The number of aliphatic hydroxyl groups excluding tert-OH is 1. The number of imidazole rings is 1. The molecule has 0 saturated carbocycles. The lowest BCUT2D eigenvalue weighted by molar-refractivity contribution is -0.905. The van der Waals surface area contributed by atoms with Gasteiger partial charge in [-0.3, -0.25) is 5.73 Å². The number of piperidine rings is 1. The van der Waals surface area contributed by atoms with E-state index >= 15 is 0 Å². The van der Waals surface area contributed by atoms with Crippen molar-refractivity contribution in [2.24, 2.45) is 0 Å². The van der Waals surface area contributed by atoms with Crippen LogP contribution in [0.15, 0.2) is 48.5 Å². The topological polar surface area (TPSA) is 78.0 Å². The number of nitrogen functional groups attached to an aromatic ring is 1. The van der Waals surface area contributed by atoms with E-state index in [-0.39, 0.29) is 6.61 Å². The molecule has 0 spiro atoms. The molecule has 3 aromatic rings. The van der Waals surface area contributed by atoms with Gasteiger partial charge < -0.3 is 19.5 Å². The van der Waals surface area contributed by atoms with Gasteiger partial charge in [0.1, 0.15) is 54.9 Å². The zero-order chi connectivity index (χ0) is 21.6. The van der Waals surface area contributed by atoms with Gasteiger partial charge in [-0.15, -0.1) is 0 Å². The molecule has 1 atom stereocenters. The van der Waals surface area contributed by atoms with Crippen LogP contribution in [0.5, 0.6) is 11.5 Å². The molecule has 4 rings (SSSR count). The van der Waals surface area contributed by atoms with Crippen molar-refractivity contribution >= 4 is 17.0 Å². The van der Waals surface area contributed by atoms with Crippen LogP contribution in [0.1, 0.15) is 19.3 Å². The summed E-state index contributed by atoms with van der Waals surface area (Å²) in [7, 11) is 1.63. The van der Waals surface area contributed by atoms with Crippen molar-refractivity contribution < 1.29 is 24.0 Å². The Morgan fingerprint density at radius 1 is 1.06 bits per heavy atom. The number of nitrogens with zero attached hydrogens (tertiary/aromatic N) is 2. The van der Waals surface area contributed by atoms with Gasteiger partial charge in [0.15, 0.2) is 0 Å². The van der Waals surface area contributed by atoms with Gasteiger partial charge in [-0.2, -0.15) is 0 Å². The highest BCUT2D eigenvalue weighted by Gasteiger charge is 2.24. The lowest BCUT2D eigenvalue weighted by Gasteiger charge is -2.22. The Balaban J connectivity index is 1.44. The SMILES string of the molecule is COc1ccc(OC[C@H](O)C[n+]2c(N)n(CC[NH+]3CCCCC3)c3ccccc32)cc1. The fourth-order valence-corrected chi connectivity index (χ4v) is 4.44. The summed E-state index contributed by atoms with van der Waals surface area (Å²) >= 11 is 0. The van der Waals surface area contributed by atoms with E-state index in [9.17, 15) is 5.11 Å². The third-order valence-corrected chi connectivity index (χ3v) is 6.16. The Hall–Kier alpha value is -2.77. The number of aromatic nitrogens is 2. The van der Waals surface area contributed by atoms with Gasteiger partial charge in [0, 0.05) is 0 Å². The number of ether oxygens (including phenoxy) is 2. The van der Waals surface area contributed by atoms with Gasteiger partial charge >= 0.3 is 5.95 Å². The minimum Gasteiger partial charge on any atom is -0.497 e. The van der Waals surface area contributed by atoms with Crippen molar-refractivity contribution in [2.45, 2.75) is 38.5 Å². The molecular weight excluding hydrogens is 392 g/mol. The molecule has 0 radical (unpaired) electrons. The molecule has 1 saturated heterocycles. The molecule has 0 aliphatic carbocycles. The van der Waals surface area contributed by atoms with Crippen molar-refractivity contribution in [3.05, 3.63) is 48.5 Å². The van der Waals surface area contributed by atoms with Crippen LogP contribution in [-0.4, -0.2) is 49.1 Å². The highest BCUT2D eigenvalue weighted by molar-refractivity contribution is 5.73. The van der Waals surface area contributed by atoms with Gasteiger partial charge in [0.2, 0.25) is 0 Å². The summed E-state index contributed by atoms with van der Waals surface area (Å²) in [6.07, 6.45) is 3.31. The standard InChI is InChI=1S/C24H32N4O3/c1-30-20-9-11-21(12-10-20)31-18-19(29)17-28-23-8-4-3-7-22(23)27(24(28)25)16-15-26-13-5-2-6-14-26/h3-4,7-12,19,25,29H,2,5-6,13-18H2,1H3/p+2/t19-/m1/s1. The molecule has 0 bridgehead atoms. The molecule has 0 amide bonds.